The zero-order valence-corrected chi connectivity index (χ0v) is 18.0. The second kappa shape index (κ2) is 8.20. The van der Waals surface area contributed by atoms with Gasteiger partial charge in [-0.05, 0) is 34.6 Å². The number of aromatic nitrogens is 1. The molecule has 0 unspecified atom stereocenters. The molecule has 4 nitrogen and oxygen atoms in total. The smallest absolute Gasteiger partial charge is 0.267 e. The van der Waals surface area contributed by atoms with Crippen LogP contribution in [0.2, 0.25) is 0 Å². The topological polar surface area (TPSA) is 54.4 Å². The number of hydrogen-bond acceptors (Lipinski definition) is 4. The van der Waals surface area contributed by atoms with Crippen LogP contribution in [-0.2, 0) is 5.41 Å². The number of carbonyl (C=O) groups excluding carboxylic acids is 1. The van der Waals surface area contributed by atoms with E-state index >= 15 is 0 Å². The van der Waals surface area contributed by atoms with E-state index in [9.17, 15) is 4.79 Å². The number of fused-ring (bicyclic) bond motifs is 1. The SMILES string of the molecule is CC(C)(C)c1ccc(-c2cc(C(=O)N/N=C\c3cccs3)c3ccccc3n2)cc1. The monoisotopic (exact) mass is 413 g/mol. The van der Waals surface area contributed by atoms with Crippen LogP contribution in [0.4, 0.5) is 0 Å². The summed E-state index contributed by atoms with van der Waals surface area (Å²) in [7, 11) is 0. The minimum Gasteiger partial charge on any atom is -0.267 e. The van der Waals surface area contributed by atoms with Crippen LogP contribution in [0.1, 0.15) is 41.6 Å². The number of hydrazone groups is 1. The first kappa shape index (κ1) is 20.0. The van der Waals surface area contributed by atoms with Crippen LogP contribution in [0, 0.1) is 0 Å². The standard InChI is InChI=1S/C25H23N3OS/c1-25(2,3)18-12-10-17(11-13-18)23-15-21(20-8-4-5-9-22(20)27-23)24(29)28-26-16-19-7-6-14-30-19/h4-16H,1-3H3,(H,28,29)/b26-16-. The van der Waals surface area contributed by atoms with E-state index in [1.165, 1.54) is 5.56 Å². The Morgan fingerprint density at radius 3 is 2.50 bits per heavy atom. The number of nitrogens with one attached hydrogen (secondary N) is 1. The first-order chi connectivity index (χ1) is 14.4. The Kier molecular flexibility index (Phi) is 5.46. The van der Waals surface area contributed by atoms with Gasteiger partial charge in [0.1, 0.15) is 0 Å². The molecule has 0 radical (unpaired) electrons. The van der Waals surface area contributed by atoms with E-state index in [0.717, 1.165) is 27.0 Å². The summed E-state index contributed by atoms with van der Waals surface area (Å²) in [6, 6.07) is 21.8. The molecule has 0 bridgehead atoms. The second-order valence-corrected chi connectivity index (χ2v) is 9.09. The lowest BCUT2D eigenvalue weighted by Gasteiger charge is -2.19. The maximum absolute atomic E-state index is 12.9. The Hall–Kier alpha value is -3.31. The number of thiophene rings is 1. The first-order valence-corrected chi connectivity index (χ1v) is 10.7. The molecule has 0 aliphatic rings. The van der Waals surface area contributed by atoms with Gasteiger partial charge in [-0.25, -0.2) is 10.4 Å². The molecule has 30 heavy (non-hydrogen) atoms. The van der Waals surface area contributed by atoms with Crippen LogP contribution in [0.3, 0.4) is 0 Å². The predicted molar refractivity (Wildman–Crippen MR) is 125 cm³/mol. The van der Waals surface area contributed by atoms with Crippen LogP contribution >= 0.6 is 11.3 Å². The summed E-state index contributed by atoms with van der Waals surface area (Å²) in [5, 5.41) is 6.87. The number of hydrogen-bond donors (Lipinski definition) is 1. The third-order valence-electron chi connectivity index (χ3n) is 4.91. The summed E-state index contributed by atoms with van der Waals surface area (Å²) in [6.45, 7) is 6.57. The summed E-state index contributed by atoms with van der Waals surface area (Å²) in [5.41, 5.74) is 7.06. The van der Waals surface area contributed by atoms with Gasteiger partial charge >= 0.3 is 0 Å². The molecule has 1 amide bonds. The van der Waals surface area contributed by atoms with Gasteiger partial charge in [0.15, 0.2) is 0 Å². The molecule has 0 saturated heterocycles. The van der Waals surface area contributed by atoms with Gasteiger partial charge in [-0.2, -0.15) is 5.10 Å². The summed E-state index contributed by atoms with van der Waals surface area (Å²) < 4.78 is 0. The molecule has 0 saturated carbocycles. The third kappa shape index (κ3) is 4.31. The van der Waals surface area contributed by atoms with E-state index in [4.69, 9.17) is 4.98 Å². The van der Waals surface area contributed by atoms with Crippen LogP contribution < -0.4 is 5.43 Å². The molecular weight excluding hydrogens is 390 g/mol. The molecule has 4 rings (SSSR count). The highest BCUT2D eigenvalue weighted by atomic mass is 32.1. The maximum Gasteiger partial charge on any atom is 0.272 e. The molecule has 0 spiro atoms. The van der Waals surface area contributed by atoms with Crippen molar-refractivity contribution in [2.45, 2.75) is 26.2 Å². The highest BCUT2D eigenvalue weighted by Gasteiger charge is 2.16. The fourth-order valence-corrected chi connectivity index (χ4v) is 3.82. The lowest BCUT2D eigenvalue weighted by Crippen LogP contribution is -2.18. The zero-order valence-electron chi connectivity index (χ0n) is 17.2. The Balaban J connectivity index is 1.70. The first-order valence-electron chi connectivity index (χ1n) is 9.79. The van der Waals surface area contributed by atoms with Crippen molar-refractivity contribution in [1.29, 1.82) is 0 Å². The van der Waals surface area contributed by atoms with Crippen molar-refractivity contribution >= 4 is 34.4 Å². The molecule has 0 aliphatic heterocycles. The largest absolute Gasteiger partial charge is 0.272 e. The average molecular weight is 414 g/mol. The summed E-state index contributed by atoms with van der Waals surface area (Å²) in [5.74, 6) is -0.256. The number of nitrogens with zero attached hydrogens (tertiary/aromatic N) is 2. The van der Waals surface area contributed by atoms with E-state index in [2.05, 4.69) is 55.6 Å². The van der Waals surface area contributed by atoms with E-state index in [0.29, 0.717) is 5.56 Å². The number of pyridine rings is 1. The quantitative estimate of drug-likeness (QED) is 0.328. The fraction of sp³-hybridized carbons (Fsp3) is 0.160. The van der Waals surface area contributed by atoms with Gasteiger partial charge in [0.2, 0.25) is 0 Å². The fourth-order valence-electron chi connectivity index (χ4n) is 3.23. The normalized spacial score (nSPS) is 11.8. The lowest BCUT2D eigenvalue weighted by atomic mass is 9.86. The van der Waals surface area contributed by atoms with E-state index in [1.807, 2.05) is 47.8 Å². The number of amides is 1. The Morgan fingerprint density at radius 2 is 1.80 bits per heavy atom. The molecule has 2 aromatic carbocycles. The van der Waals surface area contributed by atoms with Crippen LogP contribution in [0.25, 0.3) is 22.2 Å². The summed E-state index contributed by atoms with van der Waals surface area (Å²) in [6.07, 6.45) is 1.65. The Labute approximate surface area is 180 Å². The van der Waals surface area contributed by atoms with E-state index < -0.39 is 0 Å². The summed E-state index contributed by atoms with van der Waals surface area (Å²) >= 11 is 1.56. The molecule has 2 heterocycles. The molecule has 0 atom stereocenters. The maximum atomic E-state index is 12.9. The molecule has 4 aromatic rings. The lowest BCUT2D eigenvalue weighted by molar-refractivity contribution is 0.0956. The Morgan fingerprint density at radius 1 is 1.03 bits per heavy atom. The molecular formula is C25H23N3OS. The highest BCUT2D eigenvalue weighted by molar-refractivity contribution is 7.11. The van der Waals surface area contributed by atoms with Gasteiger partial charge in [-0.15, -0.1) is 11.3 Å². The number of para-hydroxylation sites is 1. The molecule has 5 heteroatoms. The van der Waals surface area contributed by atoms with Crippen molar-refractivity contribution in [3.8, 4) is 11.3 Å². The van der Waals surface area contributed by atoms with Crippen molar-refractivity contribution in [3.63, 3.8) is 0 Å². The van der Waals surface area contributed by atoms with Crippen molar-refractivity contribution in [3.05, 3.63) is 88.1 Å². The molecule has 2 aromatic heterocycles. The van der Waals surface area contributed by atoms with Gasteiger partial charge in [-0.1, -0.05) is 69.3 Å². The molecule has 150 valence electrons. The van der Waals surface area contributed by atoms with Gasteiger partial charge < -0.3 is 0 Å². The Bertz CT molecular complexity index is 1200. The summed E-state index contributed by atoms with van der Waals surface area (Å²) in [4.78, 5) is 18.7. The van der Waals surface area contributed by atoms with E-state index in [1.54, 1.807) is 17.6 Å². The van der Waals surface area contributed by atoms with Crippen molar-refractivity contribution in [2.24, 2.45) is 5.10 Å². The molecule has 0 aliphatic carbocycles. The highest BCUT2D eigenvalue weighted by Crippen LogP contribution is 2.28. The van der Waals surface area contributed by atoms with Crippen molar-refractivity contribution in [1.82, 2.24) is 10.4 Å². The van der Waals surface area contributed by atoms with Crippen LogP contribution in [-0.4, -0.2) is 17.1 Å². The van der Waals surface area contributed by atoms with Gasteiger partial charge in [0.05, 0.1) is 23.0 Å². The van der Waals surface area contributed by atoms with Crippen LogP contribution in [0.5, 0.6) is 0 Å². The van der Waals surface area contributed by atoms with Crippen LogP contribution in [0.15, 0.2) is 77.2 Å². The minimum absolute atomic E-state index is 0.0843. The van der Waals surface area contributed by atoms with Gasteiger partial charge in [0, 0.05) is 15.8 Å². The third-order valence-corrected chi connectivity index (χ3v) is 5.72. The number of carbonyl (C=O) groups is 1. The van der Waals surface area contributed by atoms with E-state index in [-0.39, 0.29) is 11.3 Å². The number of benzene rings is 2. The minimum atomic E-state index is -0.256. The van der Waals surface area contributed by atoms with Crippen molar-refractivity contribution < 1.29 is 4.79 Å². The molecule has 1 N–H and O–H groups in total. The van der Waals surface area contributed by atoms with Gasteiger partial charge in [0.25, 0.3) is 5.91 Å². The average Bonchev–Trinajstić information content (AvgIpc) is 3.26. The number of rotatable bonds is 4. The predicted octanol–water partition coefficient (Wildman–Crippen LogP) is 6.02. The molecule has 0 fully saturated rings. The van der Waals surface area contributed by atoms with Crippen molar-refractivity contribution in [2.75, 3.05) is 0 Å². The second-order valence-electron chi connectivity index (χ2n) is 8.11. The zero-order chi connectivity index (χ0) is 21.1. The van der Waals surface area contributed by atoms with Gasteiger partial charge in [-0.3, -0.25) is 4.79 Å².